The zero-order valence-corrected chi connectivity index (χ0v) is 25.1. The van der Waals surface area contributed by atoms with E-state index in [4.69, 9.17) is 0 Å². The third-order valence-corrected chi connectivity index (χ3v) is 10.8. The normalized spacial score (nSPS) is 25.2. The molecule has 3 fully saturated rings. The average molecular weight is 572 g/mol. The Balaban J connectivity index is 1.27. The Bertz CT molecular complexity index is 1900. The minimum Gasteiger partial charge on any atom is -0.387 e. The van der Waals surface area contributed by atoms with Gasteiger partial charge in [0, 0.05) is 38.5 Å². The van der Waals surface area contributed by atoms with Crippen molar-refractivity contribution in [3.63, 3.8) is 0 Å². The van der Waals surface area contributed by atoms with Crippen molar-refractivity contribution in [1.29, 1.82) is 0 Å². The van der Waals surface area contributed by atoms with Crippen molar-refractivity contribution in [1.82, 2.24) is 0 Å². The number of fused-ring (bicyclic) bond motifs is 1. The fourth-order valence-electron chi connectivity index (χ4n) is 8.53. The van der Waals surface area contributed by atoms with Gasteiger partial charge >= 0.3 is 0 Å². The first-order valence-corrected chi connectivity index (χ1v) is 16.2. The van der Waals surface area contributed by atoms with Gasteiger partial charge < -0.3 is 21.1 Å². The van der Waals surface area contributed by atoms with Crippen LogP contribution in [0.5, 0.6) is 0 Å². The highest BCUT2D eigenvalue weighted by atomic mass is 16.3. The maximum absolute atomic E-state index is 14.3. The highest BCUT2D eigenvalue weighted by Crippen LogP contribution is 2.50. The Morgan fingerprint density at radius 1 is 0.814 bits per heavy atom. The van der Waals surface area contributed by atoms with Crippen molar-refractivity contribution in [2.24, 2.45) is 0 Å². The second-order valence-corrected chi connectivity index (χ2v) is 13.8. The second-order valence-electron chi connectivity index (χ2n) is 13.8. The molecule has 0 aromatic heterocycles. The van der Waals surface area contributed by atoms with Crippen LogP contribution in [0.25, 0.3) is 33.7 Å². The molecule has 220 valence electrons. The summed E-state index contributed by atoms with van der Waals surface area (Å²) in [6.07, 6.45) is 10.6. The number of rotatable bonds is 3. The van der Waals surface area contributed by atoms with Crippen molar-refractivity contribution >= 4 is 56.5 Å². The highest BCUT2D eigenvalue weighted by Gasteiger charge is 2.48. The molecule has 4 aromatic rings. The number of carbonyl (C=O) groups is 1. The van der Waals surface area contributed by atoms with Crippen LogP contribution in [0.4, 0.5) is 17.1 Å². The van der Waals surface area contributed by atoms with Crippen molar-refractivity contribution in [2.75, 3.05) is 16.0 Å². The predicted molar refractivity (Wildman–Crippen MR) is 178 cm³/mol. The van der Waals surface area contributed by atoms with Gasteiger partial charge in [0.1, 0.15) is 5.66 Å². The van der Waals surface area contributed by atoms with Crippen LogP contribution < -0.4 is 26.4 Å². The van der Waals surface area contributed by atoms with Gasteiger partial charge in [0.25, 0.3) is 0 Å². The zero-order valence-electron chi connectivity index (χ0n) is 25.1. The summed E-state index contributed by atoms with van der Waals surface area (Å²) in [5.74, 6) is -0.589. The summed E-state index contributed by atoms with van der Waals surface area (Å²) in [5.41, 5.74) is 4.21. The fraction of sp³-hybridized carbons (Fsp3) is 0.395. The summed E-state index contributed by atoms with van der Waals surface area (Å²) < 4.78 is 0. The molecule has 4 aliphatic rings. The average Bonchev–Trinajstić information content (AvgIpc) is 3.00. The Morgan fingerprint density at radius 2 is 1.49 bits per heavy atom. The van der Waals surface area contributed by atoms with Crippen LogP contribution in [0.2, 0.25) is 0 Å². The van der Waals surface area contributed by atoms with E-state index in [-0.39, 0.29) is 17.0 Å². The third kappa shape index (κ3) is 4.19. The van der Waals surface area contributed by atoms with E-state index < -0.39 is 12.0 Å². The van der Waals surface area contributed by atoms with Crippen LogP contribution in [0.1, 0.15) is 82.6 Å². The molecule has 0 saturated heterocycles. The Labute approximate surface area is 253 Å². The van der Waals surface area contributed by atoms with Crippen molar-refractivity contribution in [2.45, 2.75) is 94.4 Å². The summed E-state index contributed by atoms with van der Waals surface area (Å²) in [7, 11) is 0. The fourth-order valence-corrected chi connectivity index (χ4v) is 8.53. The van der Waals surface area contributed by atoms with E-state index in [0.717, 1.165) is 80.3 Å². The predicted octanol–water partition coefficient (Wildman–Crippen LogP) is 6.91. The van der Waals surface area contributed by atoms with Gasteiger partial charge in [-0.3, -0.25) is 4.79 Å². The molecule has 43 heavy (non-hydrogen) atoms. The molecule has 4 aromatic carbocycles. The Hall–Kier alpha value is -3.83. The largest absolute Gasteiger partial charge is 0.387 e. The van der Waals surface area contributed by atoms with Crippen LogP contribution >= 0.6 is 0 Å². The van der Waals surface area contributed by atoms with Crippen LogP contribution in [0.3, 0.4) is 0 Å². The standard InChI is InChI=1S/C38H41N3O2/c1-23-11-9-12-24-15-17-26(33(29(23)24)40-37(2)19-5-3-6-20-37)31-35(42)32(36(31)43)27-18-16-25-13-10-14-28-30(25)34(27)41-38(39-28)21-7-4-8-22-38/h9-18,32,35,39-42H,1,3-8,19-22H2,2H3/b31-26+. The van der Waals surface area contributed by atoms with Crippen molar-refractivity contribution in [3.8, 4) is 0 Å². The molecule has 3 aliphatic carbocycles. The van der Waals surface area contributed by atoms with Crippen molar-refractivity contribution < 1.29 is 9.90 Å². The van der Waals surface area contributed by atoms with Gasteiger partial charge in [-0.15, -0.1) is 0 Å². The molecule has 1 aliphatic heterocycles. The number of aliphatic hydroxyl groups is 1. The molecule has 5 heteroatoms. The molecule has 1 heterocycles. The summed E-state index contributed by atoms with van der Waals surface area (Å²) in [5, 5.41) is 29.7. The smallest absolute Gasteiger partial charge is 0.172 e. The lowest BCUT2D eigenvalue weighted by Crippen LogP contribution is -2.51. The molecular weight excluding hydrogens is 530 g/mol. The zero-order chi connectivity index (χ0) is 29.3. The van der Waals surface area contributed by atoms with Crippen LogP contribution in [-0.4, -0.2) is 28.2 Å². The number of Topliss-reactive ketones (excluding diaryl/α,β-unsaturated/α-hetero) is 1. The lowest BCUT2D eigenvalue weighted by atomic mass is 9.69. The first kappa shape index (κ1) is 26.8. The number of benzene rings is 4. The molecule has 2 atom stereocenters. The van der Waals surface area contributed by atoms with Gasteiger partial charge in [-0.25, -0.2) is 0 Å². The molecule has 5 nitrogen and oxygen atoms in total. The topological polar surface area (TPSA) is 73.4 Å². The number of carbonyl (C=O) groups excluding carboxylic acids is 1. The number of aliphatic hydroxyl groups excluding tert-OH is 1. The molecule has 0 bridgehead atoms. The van der Waals surface area contributed by atoms with E-state index in [1.54, 1.807) is 0 Å². The molecule has 4 N–H and O–H groups in total. The highest BCUT2D eigenvalue weighted by molar-refractivity contribution is 6.29. The molecule has 2 unspecified atom stereocenters. The molecule has 3 saturated carbocycles. The molecule has 1 spiro atoms. The summed E-state index contributed by atoms with van der Waals surface area (Å²) in [4.78, 5) is 14.3. The van der Waals surface area contributed by atoms with E-state index in [1.807, 2.05) is 18.2 Å². The first-order valence-electron chi connectivity index (χ1n) is 16.2. The van der Waals surface area contributed by atoms with Gasteiger partial charge in [0.05, 0.1) is 17.7 Å². The lowest BCUT2D eigenvalue weighted by molar-refractivity contribution is -0.122. The minimum absolute atomic E-state index is 0.0105. The molecule has 8 rings (SSSR count). The number of hydrogen-bond acceptors (Lipinski definition) is 5. The summed E-state index contributed by atoms with van der Waals surface area (Å²) in [6, 6.07) is 20.8. The van der Waals surface area contributed by atoms with Gasteiger partial charge in [-0.1, -0.05) is 86.9 Å². The molecular formula is C38H41N3O2. The summed E-state index contributed by atoms with van der Waals surface area (Å²) in [6.45, 7) is 6.66. The summed E-state index contributed by atoms with van der Waals surface area (Å²) >= 11 is 0. The van der Waals surface area contributed by atoms with Crippen LogP contribution in [-0.2, 0) is 4.79 Å². The van der Waals surface area contributed by atoms with E-state index in [1.165, 1.54) is 38.5 Å². The van der Waals surface area contributed by atoms with E-state index in [0.29, 0.717) is 5.57 Å². The number of anilines is 3. The van der Waals surface area contributed by atoms with Gasteiger partial charge in [0.15, 0.2) is 5.78 Å². The maximum atomic E-state index is 14.3. The van der Waals surface area contributed by atoms with Gasteiger partial charge in [-0.2, -0.15) is 0 Å². The number of nitrogens with one attached hydrogen (secondary N) is 3. The minimum atomic E-state index is -0.888. The van der Waals surface area contributed by atoms with E-state index in [9.17, 15) is 9.90 Å². The van der Waals surface area contributed by atoms with Crippen LogP contribution in [0, 0.1) is 0 Å². The van der Waals surface area contributed by atoms with E-state index in [2.05, 4.69) is 71.9 Å². The first-order chi connectivity index (χ1) is 20.9. The van der Waals surface area contributed by atoms with Crippen molar-refractivity contribution in [3.05, 3.63) is 76.7 Å². The Morgan fingerprint density at radius 3 is 2.23 bits per heavy atom. The Kier molecular flexibility index (Phi) is 6.13. The molecule has 0 radical (unpaired) electrons. The van der Waals surface area contributed by atoms with Crippen LogP contribution in [0.15, 0.2) is 60.7 Å². The SMILES string of the molecule is C=c1cccc2cc/c(=C3\C(=O)C(c4ccc5cccc6c5c4NC4(CCCCC4)N6)C3O)c(NC3(C)CCCCC3)c12. The maximum Gasteiger partial charge on any atom is 0.172 e. The monoisotopic (exact) mass is 571 g/mol. The number of ketones is 1. The third-order valence-electron chi connectivity index (χ3n) is 10.8. The van der Waals surface area contributed by atoms with Gasteiger partial charge in [-0.05, 0) is 73.1 Å². The number of hydrogen-bond donors (Lipinski definition) is 4. The van der Waals surface area contributed by atoms with E-state index >= 15 is 0 Å². The quantitative estimate of drug-likeness (QED) is 0.215. The second kappa shape index (κ2) is 9.85. The van der Waals surface area contributed by atoms with Gasteiger partial charge in [0.2, 0.25) is 0 Å². The molecule has 0 amide bonds. The lowest BCUT2D eigenvalue weighted by Gasteiger charge is -2.46.